The van der Waals surface area contributed by atoms with Crippen LogP contribution in [-0.4, -0.2) is 42.0 Å². The van der Waals surface area contributed by atoms with Crippen molar-refractivity contribution in [1.82, 2.24) is 9.88 Å². The molecule has 25 heavy (non-hydrogen) atoms. The van der Waals surface area contributed by atoms with Crippen LogP contribution in [0.15, 0.2) is 42.6 Å². The summed E-state index contributed by atoms with van der Waals surface area (Å²) in [7, 11) is 0. The number of carbonyl (C=O) groups is 1. The van der Waals surface area contributed by atoms with E-state index >= 15 is 0 Å². The van der Waals surface area contributed by atoms with E-state index in [1.807, 2.05) is 4.90 Å². The summed E-state index contributed by atoms with van der Waals surface area (Å²) in [5.74, 6) is -0.156. The Hall–Kier alpha value is -2.64. The molecule has 2 aromatic rings. The molecule has 4 nitrogen and oxygen atoms in total. The van der Waals surface area contributed by atoms with E-state index in [1.165, 1.54) is 30.3 Å². The molecule has 1 fully saturated rings. The van der Waals surface area contributed by atoms with Crippen LogP contribution < -0.4 is 4.90 Å². The number of benzene rings is 1. The third-order valence-electron chi connectivity index (χ3n) is 4.06. The van der Waals surface area contributed by atoms with Gasteiger partial charge in [0, 0.05) is 37.9 Å². The molecule has 0 unspecified atom stereocenters. The van der Waals surface area contributed by atoms with Crippen molar-refractivity contribution in [2.24, 2.45) is 0 Å². The summed E-state index contributed by atoms with van der Waals surface area (Å²) in [6, 6.07) is 7.66. The summed E-state index contributed by atoms with van der Waals surface area (Å²) < 4.78 is 50.6. The summed E-state index contributed by atoms with van der Waals surface area (Å²) in [5, 5.41) is 0. The molecule has 0 saturated carbocycles. The minimum atomic E-state index is -4.41. The van der Waals surface area contributed by atoms with Crippen molar-refractivity contribution in [2.75, 3.05) is 31.1 Å². The highest BCUT2D eigenvalue weighted by Crippen LogP contribution is 2.29. The number of amides is 1. The lowest BCUT2D eigenvalue weighted by Crippen LogP contribution is -2.49. The molecule has 0 atom stereocenters. The first kappa shape index (κ1) is 17.2. The van der Waals surface area contributed by atoms with E-state index in [0.29, 0.717) is 37.6 Å². The summed E-state index contributed by atoms with van der Waals surface area (Å²) in [6.45, 7) is 1.76. The molecule has 1 aromatic heterocycles. The van der Waals surface area contributed by atoms with Gasteiger partial charge in [-0.05, 0) is 36.4 Å². The summed E-state index contributed by atoms with van der Waals surface area (Å²) in [6.07, 6.45) is -3.60. The molecule has 1 amide bonds. The van der Waals surface area contributed by atoms with Crippen molar-refractivity contribution < 1.29 is 22.4 Å². The van der Waals surface area contributed by atoms with E-state index < -0.39 is 17.6 Å². The predicted molar refractivity (Wildman–Crippen MR) is 83.8 cm³/mol. The van der Waals surface area contributed by atoms with Crippen LogP contribution in [0.2, 0.25) is 0 Å². The van der Waals surface area contributed by atoms with Gasteiger partial charge in [0.25, 0.3) is 5.91 Å². The summed E-state index contributed by atoms with van der Waals surface area (Å²) in [4.78, 5) is 19.7. The molecule has 1 aliphatic rings. The van der Waals surface area contributed by atoms with Crippen LogP contribution in [0, 0.1) is 5.82 Å². The lowest BCUT2D eigenvalue weighted by Gasteiger charge is -2.35. The van der Waals surface area contributed by atoms with Gasteiger partial charge in [0.05, 0.1) is 5.56 Å². The van der Waals surface area contributed by atoms with E-state index in [9.17, 15) is 22.4 Å². The molecule has 132 valence electrons. The normalized spacial score (nSPS) is 15.4. The fraction of sp³-hybridized carbons (Fsp3) is 0.294. The van der Waals surface area contributed by atoms with E-state index in [-0.39, 0.29) is 5.91 Å². The van der Waals surface area contributed by atoms with Gasteiger partial charge in [-0.3, -0.25) is 4.79 Å². The van der Waals surface area contributed by atoms with Crippen LogP contribution in [0.4, 0.5) is 23.4 Å². The van der Waals surface area contributed by atoms with Crippen LogP contribution in [0.25, 0.3) is 0 Å². The lowest BCUT2D eigenvalue weighted by molar-refractivity contribution is -0.137. The van der Waals surface area contributed by atoms with Gasteiger partial charge in [-0.2, -0.15) is 13.2 Å². The van der Waals surface area contributed by atoms with Crippen LogP contribution in [-0.2, 0) is 6.18 Å². The smallest absolute Gasteiger partial charge is 0.353 e. The highest BCUT2D eigenvalue weighted by atomic mass is 19.4. The predicted octanol–water partition coefficient (Wildman–Crippen LogP) is 3.20. The third-order valence-corrected chi connectivity index (χ3v) is 4.06. The number of alkyl halides is 3. The Morgan fingerprint density at radius 2 is 1.60 bits per heavy atom. The van der Waals surface area contributed by atoms with Gasteiger partial charge in [0.15, 0.2) is 0 Å². The SMILES string of the molecule is O=C(c1ccc(F)cc1)N1CCN(c2ccc(C(F)(F)F)cn2)CC1. The van der Waals surface area contributed by atoms with Crippen LogP contribution in [0.5, 0.6) is 0 Å². The Morgan fingerprint density at radius 1 is 0.960 bits per heavy atom. The number of rotatable bonds is 2. The fourth-order valence-corrected chi connectivity index (χ4v) is 2.65. The van der Waals surface area contributed by atoms with E-state index in [4.69, 9.17) is 0 Å². The largest absolute Gasteiger partial charge is 0.417 e. The van der Waals surface area contributed by atoms with Crippen LogP contribution >= 0.6 is 0 Å². The molecule has 2 heterocycles. The number of hydrogen-bond donors (Lipinski definition) is 0. The van der Waals surface area contributed by atoms with Gasteiger partial charge >= 0.3 is 6.18 Å². The molecule has 8 heteroatoms. The Bertz CT molecular complexity index is 736. The maximum atomic E-state index is 12.9. The Labute approximate surface area is 141 Å². The van der Waals surface area contributed by atoms with Gasteiger partial charge in [0.1, 0.15) is 11.6 Å². The summed E-state index contributed by atoms with van der Waals surface area (Å²) >= 11 is 0. The average Bonchev–Trinajstić information content (AvgIpc) is 2.61. The molecule has 0 spiro atoms. The lowest BCUT2D eigenvalue weighted by atomic mass is 10.1. The second kappa shape index (κ2) is 6.70. The molecule has 0 N–H and O–H groups in total. The zero-order valence-corrected chi connectivity index (χ0v) is 13.1. The first-order chi connectivity index (χ1) is 11.8. The molecular formula is C17H15F4N3O. The third kappa shape index (κ3) is 3.89. The molecule has 3 rings (SSSR count). The minimum Gasteiger partial charge on any atom is -0.353 e. The standard InChI is InChI=1S/C17H15F4N3O/c18-14-4-1-12(2-5-14)16(25)24-9-7-23(8-10-24)15-6-3-13(11-22-15)17(19,20)21/h1-6,11H,7-10H2. The number of carbonyl (C=O) groups excluding carboxylic acids is 1. The molecule has 0 aliphatic carbocycles. The first-order valence-electron chi connectivity index (χ1n) is 7.67. The Morgan fingerprint density at radius 3 is 2.12 bits per heavy atom. The molecular weight excluding hydrogens is 338 g/mol. The van der Waals surface area contributed by atoms with Crippen molar-refractivity contribution >= 4 is 11.7 Å². The average molecular weight is 353 g/mol. The van der Waals surface area contributed by atoms with Gasteiger partial charge in [-0.1, -0.05) is 0 Å². The fourth-order valence-electron chi connectivity index (χ4n) is 2.65. The van der Waals surface area contributed by atoms with Crippen molar-refractivity contribution in [3.8, 4) is 0 Å². The van der Waals surface area contributed by atoms with E-state index in [0.717, 1.165) is 12.3 Å². The topological polar surface area (TPSA) is 36.4 Å². The van der Waals surface area contributed by atoms with Gasteiger partial charge in [0.2, 0.25) is 0 Å². The van der Waals surface area contributed by atoms with Crippen LogP contribution in [0.3, 0.4) is 0 Å². The highest BCUT2D eigenvalue weighted by Gasteiger charge is 2.31. The molecule has 0 bridgehead atoms. The summed E-state index contributed by atoms with van der Waals surface area (Å²) in [5.41, 5.74) is -0.385. The van der Waals surface area contributed by atoms with Crippen molar-refractivity contribution in [1.29, 1.82) is 0 Å². The van der Waals surface area contributed by atoms with Crippen LogP contribution in [0.1, 0.15) is 15.9 Å². The Kier molecular flexibility index (Phi) is 4.61. The number of piperazine rings is 1. The molecule has 0 radical (unpaired) electrons. The number of aromatic nitrogens is 1. The van der Waals surface area contributed by atoms with Crippen molar-refractivity contribution in [3.63, 3.8) is 0 Å². The van der Waals surface area contributed by atoms with Crippen molar-refractivity contribution in [2.45, 2.75) is 6.18 Å². The molecule has 1 aromatic carbocycles. The second-order valence-corrected chi connectivity index (χ2v) is 5.69. The number of anilines is 1. The minimum absolute atomic E-state index is 0.194. The van der Waals surface area contributed by atoms with Gasteiger partial charge in [-0.25, -0.2) is 9.37 Å². The van der Waals surface area contributed by atoms with E-state index in [2.05, 4.69) is 4.98 Å². The second-order valence-electron chi connectivity index (χ2n) is 5.69. The number of pyridine rings is 1. The number of hydrogen-bond acceptors (Lipinski definition) is 3. The number of halogens is 4. The van der Waals surface area contributed by atoms with E-state index in [1.54, 1.807) is 4.90 Å². The highest BCUT2D eigenvalue weighted by molar-refractivity contribution is 5.94. The monoisotopic (exact) mass is 353 g/mol. The zero-order valence-electron chi connectivity index (χ0n) is 13.1. The zero-order chi connectivity index (χ0) is 18.0. The molecule has 1 aliphatic heterocycles. The van der Waals surface area contributed by atoms with Gasteiger partial charge in [-0.15, -0.1) is 0 Å². The number of nitrogens with zero attached hydrogens (tertiary/aromatic N) is 3. The molecule has 1 saturated heterocycles. The van der Waals surface area contributed by atoms with Gasteiger partial charge < -0.3 is 9.80 Å². The quantitative estimate of drug-likeness (QED) is 0.778. The maximum Gasteiger partial charge on any atom is 0.417 e. The Balaban J connectivity index is 1.61. The first-order valence-corrected chi connectivity index (χ1v) is 7.67. The maximum absolute atomic E-state index is 12.9. The van der Waals surface area contributed by atoms with Crippen molar-refractivity contribution in [3.05, 3.63) is 59.5 Å².